The van der Waals surface area contributed by atoms with Crippen LogP contribution in [0.15, 0.2) is 42.6 Å². The lowest BCUT2D eigenvalue weighted by molar-refractivity contribution is -0.159. The highest BCUT2D eigenvalue weighted by Gasteiger charge is 2.49. The Bertz CT molecular complexity index is 1070. The second-order valence-corrected chi connectivity index (χ2v) is 10.1. The number of fused-ring (bicyclic) bond motifs is 1. The molecule has 1 N–H and O–H groups in total. The van der Waals surface area contributed by atoms with E-state index in [2.05, 4.69) is 22.4 Å². The molecule has 1 fully saturated rings. The summed E-state index contributed by atoms with van der Waals surface area (Å²) < 4.78 is 5.18. The Kier molecular flexibility index (Phi) is 7.10. The van der Waals surface area contributed by atoms with Crippen LogP contribution in [0.2, 0.25) is 0 Å². The summed E-state index contributed by atoms with van der Waals surface area (Å²) in [5.74, 6) is -0.204. The van der Waals surface area contributed by atoms with Crippen LogP contribution < -0.4 is 10.1 Å². The maximum absolute atomic E-state index is 14.2. The summed E-state index contributed by atoms with van der Waals surface area (Å²) in [6, 6.07) is 9.15. The third-order valence-electron chi connectivity index (χ3n) is 6.94. The molecule has 2 aliphatic rings. The molecule has 3 atom stereocenters. The monoisotopic (exact) mass is 478 g/mol. The van der Waals surface area contributed by atoms with Gasteiger partial charge >= 0.3 is 0 Å². The zero-order valence-corrected chi connectivity index (χ0v) is 21.0. The largest absolute Gasteiger partial charge is 0.481 e. The zero-order chi connectivity index (χ0) is 25.3. The number of methoxy groups -OCH3 is 1. The van der Waals surface area contributed by atoms with E-state index in [-0.39, 0.29) is 29.6 Å². The van der Waals surface area contributed by atoms with Crippen LogP contribution in [0, 0.1) is 11.8 Å². The number of ether oxygens (including phenoxy) is 1. The molecule has 0 spiro atoms. The predicted molar refractivity (Wildman–Crippen MR) is 132 cm³/mol. The average Bonchev–Trinajstić information content (AvgIpc) is 3.27. The number of nitrogens with zero attached hydrogens (tertiary/aromatic N) is 3. The number of rotatable bonds is 7. The van der Waals surface area contributed by atoms with Crippen molar-refractivity contribution in [1.82, 2.24) is 20.1 Å². The van der Waals surface area contributed by atoms with Crippen LogP contribution in [0.4, 0.5) is 0 Å². The molecular formula is C27H34N4O4. The lowest BCUT2D eigenvalue weighted by Crippen LogP contribution is -2.67. The summed E-state index contributed by atoms with van der Waals surface area (Å²) in [4.78, 5) is 48.4. The smallest absolute Gasteiger partial charge is 0.249 e. The second-order valence-electron chi connectivity index (χ2n) is 10.1. The molecule has 35 heavy (non-hydrogen) atoms. The molecule has 3 unspecified atom stereocenters. The molecule has 1 aromatic carbocycles. The van der Waals surface area contributed by atoms with Crippen molar-refractivity contribution in [2.45, 2.75) is 51.2 Å². The number of hydrogen-bond donors (Lipinski definition) is 1. The zero-order valence-electron chi connectivity index (χ0n) is 21.0. The maximum atomic E-state index is 14.2. The van der Waals surface area contributed by atoms with E-state index in [1.807, 2.05) is 26.0 Å². The number of hydrogen-bond acceptors (Lipinski definition) is 5. The molecule has 1 aromatic heterocycles. The normalized spacial score (nSPS) is 21.0. The van der Waals surface area contributed by atoms with Crippen LogP contribution in [0.3, 0.4) is 0 Å². The van der Waals surface area contributed by atoms with E-state index in [1.165, 1.54) is 28.0 Å². The van der Waals surface area contributed by atoms with Gasteiger partial charge in [0.25, 0.3) is 0 Å². The van der Waals surface area contributed by atoms with Gasteiger partial charge in [-0.2, -0.15) is 0 Å². The SMILES string of the molecule is COc1ccc(C(C(=O)N(C)C)N2C(=O)C(C3Cc4ccccc4C3)NC(=O)C2CC(C)C)cn1. The van der Waals surface area contributed by atoms with Gasteiger partial charge in [0.1, 0.15) is 18.1 Å². The van der Waals surface area contributed by atoms with Crippen LogP contribution >= 0.6 is 0 Å². The highest BCUT2D eigenvalue weighted by Crippen LogP contribution is 2.35. The fraction of sp³-hybridized carbons (Fsp3) is 0.481. The maximum Gasteiger partial charge on any atom is 0.249 e. The minimum absolute atomic E-state index is 0.0598. The van der Waals surface area contributed by atoms with Gasteiger partial charge < -0.3 is 19.9 Å². The van der Waals surface area contributed by atoms with Crippen LogP contribution in [0.5, 0.6) is 5.88 Å². The molecular weight excluding hydrogens is 444 g/mol. The number of amides is 3. The molecule has 0 saturated carbocycles. The Balaban J connectivity index is 1.75. The van der Waals surface area contributed by atoms with Crippen molar-refractivity contribution in [3.63, 3.8) is 0 Å². The molecule has 3 amide bonds. The van der Waals surface area contributed by atoms with Gasteiger partial charge in [-0.15, -0.1) is 0 Å². The molecule has 0 bridgehead atoms. The van der Waals surface area contributed by atoms with E-state index in [9.17, 15) is 14.4 Å². The van der Waals surface area contributed by atoms with Crippen molar-refractivity contribution in [3.8, 4) is 5.88 Å². The molecule has 8 heteroatoms. The van der Waals surface area contributed by atoms with Gasteiger partial charge in [0.15, 0.2) is 0 Å². The Morgan fingerprint density at radius 2 is 1.80 bits per heavy atom. The summed E-state index contributed by atoms with van der Waals surface area (Å²) in [6.45, 7) is 4.01. The van der Waals surface area contributed by atoms with Crippen molar-refractivity contribution in [2.24, 2.45) is 11.8 Å². The second kappa shape index (κ2) is 10.1. The Hall–Kier alpha value is -3.42. The van der Waals surface area contributed by atoms with Gasteiger partial charge in [-0.3, -0.25) is 14.4 Å². The molecule has 2 aromatic rings. The summed E-state index contributed by atoms with van der Waals surface area (Å²) >= 11 is 0. The standard InChI is InChI=1S/C27H34N4O4/c1-16(2)12-21-25(32)29-23(20-13-17-8-6-7-9-18(17)14-20)26(33)31(21)24(27(34)30(3)4)19-10-11-22(35-5)28-15-19/h6-11,15-16,20-21,23-24H,12-14H2,1-5H3,(H,29,32). The number of nitrogens with one attached hydrogen (secondary N) is 1. The van der Waals surface area contributed by atoms with Crippen molar-refractivity contribution in [3.05, 3.63) is 59.3 Å². The fourth-order valence-electron chi connectivity index (χ4n) is 5.22. The van der Waals surface area contributed by atoms with E-state index >= 15 is 0 Å². The first-order valence-corrected chi connectivity index (χ1v) is 12.1. The lowest BCUT2D eigenvalue weighted by Gasteiger charge is -2.45. The van der Waals surface area contributed by atoms with E-state index in [0.29, 0.717) is 30.7 Å². The van der Waals surface area contributed by atoms with Gasteiger partial charge in [0.05, 0.1) is 7.11 Å². The summed E-state index contributed by atoms with van der Waals surface area (Å²) in [5.41, 5.74) is 2.96. The van der Waals surface area contributed by atoms with Gasteiger partial charge in [0.2, 0.25) is 23.6 Å². The minimum atomic E-state index is -0.961. The third kappa shape index (κ3) is 4.88. The molecule has 0 radical (unpaired) electrons. The Morgan fingerprint density at radius 1 is 1.14 bits per heavy atom. The molecule has 1 aliphatic carbocycles. The summed E-state index contributed by atoms with van der Waals surface area (Å²) in [5, 5.41) is 3.03. The quantitative estimate of drug-likeness (QED) is 0.660. The minimum Gasteiger partial charge on any atom is -0.481 e. The molecule has 1 aliphatic heterocycles. The van der Waals surface area contributed by atoms with E-state index in [1.54, 1.807) is 32.4 Å². The molecule has 2 heterocycles. The van der Waals surface area contributed by atoms with Crippen molar-refractivity contribution >= 4 is 17.7 Å². The Morgan fingerprint density at radius 3 is 2.31 bits per heavy atom. The van der Waals surface area contributed by atoms with E-state index < -0.39 is 18.1 Å². The van der Waals surface area contributed by atoms with Gasteiger partial charge in [0, 0.05) is 31.9 Å². The van der Waals surface area contributed by atoms with E-state index in [4.69, 9.17) is 4.74 Å². The third-order valence-corrected chi connectivity index (χ3v) is 6.94. The number of pyridine rings is 1. The van der Waals surface area contributed by atoms with Gasteiger partial charge in [-0.05, 0) is 48.3 Å². The lowest BCUT2D eigenvalue weighted by atomic mass is 9.88. The predicted octanol–water partition coefficient (Wildman–Crippen LogP) is 2.38. The molecule has 4 rings (SSSR count). The summed E-state index contributed by atoms with van der Waals surface area (Å²) in [6.07, 6.45) is 3.44. The number of aromatic nitrogens is 1. The Labute approximate surface area is 206 Å². The molecule has 8 nitrogen and oxygen atoms in total. The van der Waals surface area contributed by atoms with Crippen LogP contribution in [-0.2, 0) is 27.2 Å². The number of carbonyl (C=O) groups is 3. The highest BCUT2D eigenvalue weighted by molar-refractivity contribution is 6.00. The van der Waals surface area contributed by atoms with Crippen molar-refractivity contribution < 1.29 is 19.1 Å². The van der Waals surface area contributed by atoms with Gasteiger partial charge in [-0.1, -0.05) is 38.1 Å². The molecule has 1 saturated heterocycles. The highest BCUT2D eigenvalue weighted by atomic mass is 16.5. The van der Waals surface area contributed by atoms with Crippen LogP contribution in [-0.4, -0.2) is 65.8 Å². The first kappa shape index (κ1) is 24.7. The number of likely N-dealkylation sites (N-methyl/N-ethyl adjacent to an activating group) is 1. The number of carbonyl (C=O) groups excluding carboxylic acids is 3. The van der Waals surface area contributed by atoms with E-state index in [0.717, 1.165) is 0 Å². The first-order valence-electron chi connectivity index (χ1n) is 12.1. The van der Waals surface area contributed by atoms with Gasteiger partial charge in [-0.25, -0.2) is 4.98 Å². The molecule has 186 valence electrons. The average molecular weight is 479 g/mol. The summed E-state index contributed by atoms with van der Waals surface area (Å²) in [7, 11) is 4.83. The number of piperazine rings is 1. The number of benzene rings is 1. The topological polar surface area (TPSA) is 91.8 Å². The first-order chi connectivity index (χ1) is 16.7. The van der Waals surface area contributed by atoms with Crippen molar-refractivity contribution in [1.29, 1.82) is 0 Å². The fourth-order valence-corrected chi connectivity index (χ4v) is 5.22. The van der Waals surface area contributed by atoms with Crippen LogP contribution in [0.1, 0.15) is 43.0 Å². The van der Waals surface area contributed by atoms with Crippen molar-refractivity contribution in [2.75, 3.05) is 21.2 Å². The van der Waals surface area contributed by atoms with Crippen LogP contribution in [0.25, 0.3) is 0 Å².